The molecule has 0 spiro atoms. The van der Waals surface area contributed by atoms with Crippen LogP contribution < -0.4 is 16.8 Å². The highest BCUT2D eigenvalue weighted by Crippen LogP contribution is 2.31. The molecular formula is C15H18N6. The molecular weight excluding hydrogens is 264 g/mol. The molecule has 0 radical (unpaired) electrons. The van der Waals surface area contributed by atoms with Gasteiger partial charge < -0.3 is 16.8 Å². The molecule has 0 fully saturated rings. The molecule has 2 aromatic heterocycles. The van der Waals surface area contributed by atoms with Crippen molar-refractivity contribution in [3.8, 4) is 0 Å². The number of nitrogen functional groups attached to an aromatic ring is 1. The predicted octanol–water partition coefficient (Wildman–Crippen LogP) is 1.83. The monoisotopic (exact) mass is 282 g/mol. The van der Waals surface area contributed by atoms with Gasteiger partial charge in [-0.2, -0.15) is 10.2 Å². The molecule has 21 heavy (non-hydrogen) atoms. The summed E-state index contributed by atoms with van der Waals surface area (Å²) in [5, 5.41) is 11.5. The Morgan fingerprint density at radius 1 is 1.24 bits per heavy atom. The van der Waals surface area contributed by atoms with Gasteiger partial charge in [0.25, 0.3) is 0 Å². The van der Waals surface area contributed by atoms with Crippen LogP contribution in [0.3, 0.4) is 0 Å². The molecule has 1 atom stereocenters. The van der Waals surface area contributed by atoms with E-state index in [9.17, 15) is 0 Å². The molecule has 1 aliphatic rings. The van der Waals surface area contributed by atoms with E-state index in [0.29, 0.717) is 17.3 Å². The van der Waals surface area contributed by atoms with Gasteiger partial charge in [-0.3, -0.25) is 4.98 Å². The topological polar surface area (TPSA) is 103 Å². The number of aromatic nitrogens is 3. The lowest BCUT2D eigenvalue weighted by Gasteiger charge is -2.31. The maximum Gasteiger partial charge on any atom is 0.151 e. The van der Waals surface area contributed by atoms with Gasteiger partial charge in [-0.25, -0.2) is 0 Å². The van der Waals surface area contributed by atoms with E-state index in [-0.39, 0.29) is 0 Å². The van der Waals surface area contributed by atoms with E-state index in [2.05, 4.69) is 34.3 Å². The lowest BCUT2D eigenvalue weighted by Crippen LogP contribution is -2.45. The van der Waals surface area contributed by atoms with Crippen molar-refractivity contribution in [3.05, 3.63) is 47.6 Å². The van der Waals surface area contributed by atoms with Crippen LogP contribution in [0.4, 0.5) is 11.4 Å². The van der Waals surface area contributed by atoms with Crippen LogP contribution in [0, 0.1) is 0 Å². The summed E-state index contributed by atoms with van der Waals surface area (Å²) in [6, 6.07) is 3.78. The summed E-state index contributed by atoms with van der Waals surface area (Å²) >= 11 is 0. The molecule has 6 heteroatoms. The summed E-state index contributed by atoms with van der Waals surface area (Å²) < 4.78 is 0. The standard InChI is InChI=1S/C15H18N6/c1-9(2)10-5-14(21-19-7-10)15(17)4-3-12-13(20-15)6-11(16)8-18-12/h3-9,20H,16-17H2,1-2H3. The van der Waals surface area contributed by atoms with Gasteiger partial charge in [0.15, 0.2) is 5.66 Å². The highest BCUT2D eigenvalue weighted by molar-refractivity contribution is 5.72. The van der Waals surface area contributed by atoms with Gasteiger partial charge in [-0.15, -0.1) is 0 Å². The van der Waals surface area contributed by atoms with Crippen LogP contribution in [0.25, 0.3) is 6.08 Å². The zero-order valence-corrected chi connectivity index (χ0v) is 12.0. The highest BCUT2D eigenvalue weighted by atomic mass is 15.2. The Morgan fingerprint density at radius 2 is 2.05 bits per heavy atom. The average Bonchev–Trinajstić information content (AvgIpc) is 2.47. The largest absolute Gasteiger partial charge is 0.397 e. The van der Waals surface area contributed by atoms with Crippen LogP contribution >= 0.6 is 0 Å². The minimum atomic E-state index is -0.916. The minimum Gasteiger partial charge on any atom is -0.397 e. The number of nitrogens with zero attached hydrogens (tertiary/aromatic N) is 3. The number of pyridine rings is 1. The lowest BCUT2D eigenvalue weighted by molar-refractivity contribution is 0.605. The zero-order valence-electron chi connectivity index (χ0n) is 12.0. The number of rotatable bonds is 2. The molecule has 2 aromatic rings. The van der Waals surface area contributed by atoms with Crippen LogP contribution in [0.5, 0.6) is 0 Å². The Labute approximate surface area is 123 Å². The van der Waals surface area contributed by atoms with E-state index in [4.69, 9.17) is 11.5 Å². The van der Waals surface area contributed by atoms with Crippen molar-refractivity contribution in [2.45, 2.75) is 25.4 Å². The van der Waals surface area contributed by atoms with E-state index in [0.717, 1.165) is 16.9 Å². The number of fused-ring (bicyclic) bond motifs is 1. The first-order chi connectivity index (χ1) is 9.98. The molecule has 3 heterocycles. The van der Waals surface area contributed by atoms with Gasteiger partial charge in [0.05, 0.1) is 29.5 Å². The van der Waals surface area contributed by atoms with Crippen molar-refractivity contribution in [2.75, 3.05) is 11.1 Å². The first-order valence-corrected chi connectivity index (χ1v) is 6.83. The third-order valence-corrected chi connectivity index (χ3v) is 3.55. The Morgan fingerprint density at radius 3 is 2.81 bits per heavy atom. The second-order valence-electron chi connectivity index (χ2n) is 5.56. The summed E-state index contributed by atoms with van der Waals surface area (Å²) in [7, 11) is 0. The second kappa shape index (κ2) is 4.82. The van der Waals surface area contributed by atoms with E-state index >= 15 is 0 Å². The number of nitrogens with one attached hydrogen (secondary N) is 1. The maximum atomic E-state index is 6.45. The number of nitrogens with two attached hydrogens (primary N) is 2. The molecule has 0 aromatic carbocycles. The fourth-order valence-electron chi connectivity index (χ4n) is 2.25. The SMILES string of the molecule is CC(C)c1cnnc(C2(N)C=Cc3ncc(N)cc3N2)c1. The van der Waals surface area contributed by atoms with Crippen LogP contribution in [0.2, 0.25) is 0 Å². The van der Waals surface area contributed by atoms with Crippen LogP contribution in [-0.2, 0) is 5.66 Å². The first-order valence-electron chi connectivity index (χ1n) is 6.83. The fourth-order valence-corrected chi connectivity index (χ4v) is 2.25. The summed E-state index contributed by atoms with van der Waals surface area (Å²) in [5.41, 5.74) is 15.2. The van der Waals surface area contributed by atoms with Crippen molar-refractivity contribution >= 4 is 17.5 Å². The molecule has 3 rings (SSSR count). The molecule has 6 nitrogen and oxygen atoms in total. The van der Waals surface area contributed by atoms with Crippen LogP contribution in [0.1, 0.15) is 36.7 Å². The molecule has 1 aliphatic heterocycles. The molecule has 0 bridgehead atoms. The van der Waals surface area contributed by atoms with Gasteiger partial charge in [0.1, 0.15) is 5.69 Å². The number of hydrogen-bond donors (Lipinski definition) is 3. The molecule has 108 valence electrons. The van der Waals surface area contributed by atoms with Crippen LogP contribution in [-0.4, -0.2) is 15.2 Å². The third kappa shape index (κ3) is 2.45. The van der Waals surface area contributed by atoms with Crippen molar-refractivity contribution in [1.82, 2.24) is 15.2 Å². The minimum absolute atomic E-state index is 0.361. The lowest BCUT2D eigenvalue weighted by atomic mass is 9.97. The van der Waals surface area contributed by atoms with Crippen molar-refractivity contribution in [3.63, 3.8) is 0 Å². The van der Waals surface area contributed by atoms with Gasteiger partial charge >= 0.3 is 0 Å². The molecule has 1 unspecified atom stereocenters. The van der Waals surface area contributed by atoms with E-state index in [1.165, 1.54) is 0 Å². The quantitative estimate of drug-likeness (QED) is 0.776. The van der Waals surface area contributed by atoms with Gasteiger partial charge in [0, 0.05) is 0 Å². The summed E-state index contributed by atoms with van der Waals surface area (Å²) in [4.78, 5) is 4.26. The summed E-state index contributed by atoms with van der Waals surface area (Å²) in [6.07, 6.45) is 7.09. The number of hydrogen-bond acceptors (Lipinski definition) is 6. The summed E-state index contributed by atoms with van der Waals surface area (Å²) in [6.45, 7) is 4.21. The fraction of sp³-hybridized carbons (Fsp3) is 0.267. The van der Waals surface area contributed by atoms with Gasteiger partial charge in [-0.1, -0.05) is 13.8 Å². The Kier molecular flexibility index (Phi) is 3.10. The smallest absolute Gasteiger partial charge is 0.151 e. The summed E-state index contributed by atoms with van der Waals surface area (Å²) in [5.74, 6) is 0.361. The van der Waals surface area contributed by atoms with E-state index < -0.39 is 5.66 Å². The normalized spacial score (nSPS) is 20.2. The van der Waals surface area contributed by atoms with Gasteiger partial charge in [-0.05, 0) is 35.8 Å². The molecule has 0 saturated heterocycles. The van der Waals surface area contributed by atoms with Crippen molar-refractivity contribution < 1.29 is 0 Å². The average molecular weight is 282 g/mol. The molecule has 5 N–H and O–H groups in total. The Bertz CT molecular complexity index is 709. The van der Waals surface area contributed by atoms with Gasteiger partial charge in [0.2, 0.25) is 0 Å². The van der Waals surface area contributed by atoms with E-state index in [1.807, 2.05) is 24.3 Å². The molecule has 0 aliphatic carbocycles. The van der Waals surface area contributed by atoms with E-state index in [1.54, 1.807) is 12.4 Å². The number of anilines is 2. The maximum absolute atomic E-state index is 6.45. The Hall–Kier alpha value is -2.47. The third-order valence-electron chi connectivity index (χ3n) is 3.55. The van der Waals surface area contributed by atoms with Crippen LogP contribution in [0.15, 0.2) is 30.6 Å². The predicted molar refractivity (Wildman–Crippen MR) is 83.3 cm³/mol. The first kappa shape index (κ1) is 13.5. The molecule has 0 saturated carbocycles. The Balaban J connectivity index is 2.01. The highest BCUT2D eigenvalue weighted by Gasteiger charge is 2.30. The second-order valence-corrected chi connectivity index (χ2v) is 5.56. The van der Waals surface area contributed by atoms with Crippen molar-refractivity contribution in [2.24, 2.45) is 5.73 Å². The van der Waals surface area contributed by atoms with Crippen molar-refractivity contribution in [1.29, 1.82) is 0 Å². The zero-order chi connectivity index (χ0) is 15.0. The molecule has 0 amide bonds.